The van der Waals surface area contributed by atoms with E-state index in [1.54, 1.807) is 29.6 Å². The van der Waals surface area contributed by atoms with Crippen molar-refractivity contribution >= 4 is 58.3 Å². The maximum absolute atomic E-state index is 6.20. The predicted molar refractivity (Wildman–Crippen MR) is 76.2 cm³/mol. The molecule has 86 valence electrons. The second kappa shape index (κ2) is 4.60. The van der Waals surface area contributed by atoms with Crippen LogP contribution in [0.25, 0.3) is 0 Å². The molecule has 0 aliphatic carbocycles. The Kier molecular flexibility index (Phi) is 3.26. The van der Waals surface area contributed by atoms with Crippen LogP contribution in [0.15, 0.2) is 49.9 Å². The molecule has 2 aromatic rings. The number of fused-ring (bicyclic) bond motifs is 2. The molecule has 0 saturated heterocycles. The van der Waals surface area contributed by atoms with Crippen molar-refractivity contribution < 1.29 is 0 Å². The van der Waals surface area contributed by atoms with E-state index in [0.29, 0.717) is 10.0 Å². The van der Waals surface area contributed by atoms with Crippen LogP contribution in [0.3, 0.4) is 0 Å². The van der Waals surface area contributed by atoms with Crippen molar-refractivity contribution in [2.45, 2.75) is 19.6 Å². The van der Waals surface area contributed by atoms with Crippen LogP contribution >= 0.6 is 58.3 Å². The minimum Gasteiger partial charge on any atom is -0.0876 e. The highest BCUT2D eigenvalue weighted by Gasteiger charge is 2.20. The average molecular weight is 320 g/mol. The number of rotatable bonds is 0. The molecule has 1 aliphatic heterocycles. The Hall–Kier alpha value is 0.01000. The molecule has 0 atom stereocenters. The van der Waals surface area contributed by atoms with E-state index in [-0.39, 0.29) is 0 Å². The molecule has 0 saturated carbocycles. The summed E-state index contributed by atoms with van der Waals surface area (Å²) in [5.74, 6) is 0. The smallest absolute Gasteiger partial charge is 0.0571 e. The minimum absolute atomic E-state index is 0.660. The molecule has 0 N–H and O–H groups in total. The van der Waals surface area contributed by atoms with Crippen LogP contribution in [-0.4, -0.2) is 0 Å². The molecule has 5 heteroatoms. The van der Waals surface area contributed by atoms with Crippen LogP contribution in [0.2, 0.25) is 15.1 Å². The molecule has 0 bridgehead atoms. The lowest BCUT2D eigenvalue weighted by Crippen LogP contribution is -1.90. The predicted octanol–water partition coefficient (Wildman–Crippen LogP) is 6.26. The second-order valence-corrected chi connectivity index (χ2v) is 6.93. The van der Waals surface area contributed by atoms with Gasteiger partial charge in [-0.25, -0.2) is 0 Å². The standard InChI is InChI=1S/C12H5Cl3S2/c13-6-1-2-9-10(4-6)16-11-5-7(14)3-8(15)12(11)17-9/h1-5H. The van der Waals surface area contributed by atoms with E-state index in [1.165, 1.54) is 4.90 Å². The quantitative estimate of drug-likeness (QED) is 0.479. The Bertz CT molecular complexity index is 611. The van der Waals surface area contributed by atoms with Gasteiger partial charge in [0.2, 0.25) is 0 Å². The summed E-state index contributed by atoms with van der Waals surface area (Å²) in [6.07, 6.45) is 0. The summed E-state index contributed by atoms with van der Waals surface area (Å²) in [6.45, 7) is 0. The maximum atomic E-state index is 6.20. The van der Waals surface area contributed by atoms with E-state index in [9.17, 15) is 0 Å². The van der Waals surface area contributed by atoms with Crippen LogP contribution in [0.5, 0.6) is 0 Å². The Morgan fingerprint density at radius 2 is 1.47 bits per heavy atom. The monoisotopic (exact) mass is 318 g/mol. The van der Waals surface area contributed by atoms with E-state index in [0.717, 1.165) is 19.7 Å². The summed E-state index contributed by atoms with van der Waals surface area (Å²) >= 11 is 21.5. The third kappa shape index (κ3) is 2.29. The van der Waals surface area contributed by atoms with E-state index in [4.69, 9.17) is 34.8 Å². The van der Waals surface area contributed by atoms with Crippen LogP contribution in [0, 0.1) is 0 Å². The molecule has 0 fully saturated rings. The number of halogens is 3. The lowest BCUT2D eigenvalue weighted by atomic mass is 10.3. The van der Waals surface area contributed by atoms with Gasteiger partial charge in [0, 0.05) is 29.6 Å². The van der Waals surface area contributed by atoms with Crippen molar-refractivity contribution in [3.63, 3.8) is 0 Å². The zero-order chi connectivity index (χ0) is 12.0. The fraction of sp³-hybridized carbons (Fsp3) is 0. The van der Waals surface area contributed by atoms with Gasteiger partial charge in [-0.1, -0.05) is 58.3 Å². The van der Waals surface area contributed by atoms with Crippen molar-refractivity contribution in [1.29, 1.82) is 0 Å². The first-order valence-corrected chi connectivity index (χ1v) is 7.54. The molecule has 17 heavy (non-hydrogen) atoms. The molecule has 0 radical (unpaired) electrons. The second-order valence-electron chi connectivity index (χ2n) is 3.51. The first kappa shape index (κ1) is 12.1. The highest BCUT2D eigenvalue weighted by Crippen LogP contribution is 2.52. The van der Waals surface area contributed by atoms with E-state index >= 15 is 0 Å². The lowest BCUT2D eigenvalue weighted by molar-refractivity contribution is 1.16. The van der Waals surface area contributed by atoms with Crippen LogP contribution < -0.4 is 0 Å². The Balaban J connectivity index is 2.14. The van der Waals surface area contributed by atoms with Gasteiger partial charge in [0.15, 0.2) is 0 Å². The molecule has 0 nitrogen and oxygen atoms in total. The van der Waals surface area contributed by atoms with Gasteiger partial charge in [-0.3, -0.25) is 0 Å². The summed E-state index contributed by atoms with van der Waals surface area (Å²) in [7, 11) is 0. The fourth-order valence-corrected chi connectivity index (χ4v) is 4.86. The zero-order valence-corrected chi connectivity index (χ0v) is 12.2. The van der Waals surface area contributed by atoms with Gasteiger partial charge >= 0.3 is 0 Å². The Morgan fingerprint density at radius 3 is 2.29 bits per heavy atom. The maximum Gasteiger partial charge on any atom is 0.0571 e. The van der Waals surface area contributed by atoms with Gasteiger partial charge in [-0.2, -0.15) is 0 Å². The summed E-state index contributed by atoms with van der Waals surface area (Å²) in [5.41, 5.74) is 0. The minimum atomic E-state index is 0.660. The number of benzene rings is 2. The van der Waals surface area contributed by atoms with E-state index in [1.807, 2.05) is 24.3 Å². The summed E-state index contributed by atoms with van der Waals surface area (Å²) < 4.78 is 0. The van der Waals surface area contributed by atoms with Crippen molar-refractivity contribution in [3.05, 3.63) is 45.4 Å². The fourth-order valence-electron chi connectivity index (χ4n) is 1.59. The first-order valence-electron chi connectivity index (χ1n) is 4.78. The number of hydrogen-bond acceptors (Lipinski definition) is 2. The SMILES string of the molecule is Clc1ccc2c(c1)Sc1cc(Cl)cc(Cl)c1S2. The topological polar surface area (TPSA) is 0 Å². The van der Waals surface area contributed by atoms with Gasteiger partial charge in [-0.05, 0) is 30.3 Å². The molecule has 1 heterocycles. The van der Waals surface area contributed by atoms with Gasteiger partial charge in [0.05, 0.1) is 5.02 Å². The highest BCUT2D eigenvalue weighted by molar-refractivity contribution is 8.05. The van der Waals surface area contributed by atoms with Crippen molar-refractivity contribution in [2.24, 2.45) is 0 Å². The molecule has 0 unspecified atom stereocenters. The normalized spacial score (nSPS) is 13.1. The molecule has 3 rings (SSSR count). The lowest BCUT2D eigenvalue weighted by Gasteiger charge is -2.19. The number of hydrogen-bond donors (Lipinski definition) is 0. The van der Waals surface area contributed by atoms with Crippen molar-refractivity contribution in [1.82, 2.24) is 0 Å². The third-order valence-electron chi connectivity index (χ3n) is 2.31. The van der Waals surface area contributed by atoms with E-state index in [2.05, 4.69) is 0 Å². The van der Waals surface area contributed by atoms with Gasteiger partial charge in [0.25, 0.3) is 0 Å². The van der Waals surface area contributed by atoms with Gasteiger partial charge < -0.3 is 0 Å². The van der Waals surface area contributed by atoms with Gasteiger partial charge in [0.1, 0.15) is 0 Å². The van der Waals surface area contributed by atoms with Crippen LogP contribution in [-0.2, 0) is 0 Å². The first-order chi connectivity index (χ1) is 8.13. The average Bonchev–Trinajstić information content (AvgIpc) is 2.26. The third-order valence-corrected chi connectivity index (χ3v) is 5.75. The van der Waals surface area contributed by atoms with Crippen molar-refractivity contribution in [2.75, 3.05) is 0 Å². The molecule has 0 spiro atoms. The Labute approximate surface area is 123 Å². The van der Waals surface area contributed by atoms with E-state index < -0.39 is 0 Å². The summed E-state index contributed by atoms with van der Waals surface area (Å²) in [6, 6.07) is 9.58. The molecular weight excluding hydrogens is 315 g/mol. The Morgan fingerprint density at radius 1 is 0.706 bits per heavy atom. The summed E-state index contributed by atoms with van der Waals surface area (Å²) in [4.78, 5) is 4.47. The molecule has 0 aromatic heterocycles. The van der Waals surface area contributed by atoms with Crippen LogP contribution in [0.1, 0.15) is 0 Å². The largest absolute Gasteiger partial charge is 0.0876 e. The van der Waals surface area contributed by atoms with Gasteiger partial charge in [-0.15, -0.1) is 0 Å². The summed E-state index contributed by atoms with van der Waals surface area (Å²) in [5, 5.41) is 2.10. The highest BCUT2D eigenvalue weighted by atomic mass is 35.5. The molecular formula is C12H5Cl3S2. The molecule has 2 aromatic carbocycles. The molecule has 1 aliphatic rings. The van der Waals surface area contributed by atoms with Crippen LogP contribution in [0.4, 0.5) is 0 Å². The zero-order valence-electron chi connectivity index (χ0n) is 8.34. The van der Waals surface area contributed by atoms with Crippen molar-refractivity contribution in [3.8, 4) is 0 Å². The molecule has 0 amide bonds.